The summed E-state index contributed by atoms with van der Waals surface area (Å²) in [6, 6.07) is 12.3. The summed E-state index contributed by atoms with van der Waals surface area (Å²) in [5, 5.41) is 2.99. The van der Waals surface area contributed by atoms with E-state index in [-0.39, 0.29) is 18.6 Å². The number of benzene rings is 2. The molecule has 1 fully saturated rings. The first kappa shape index (κ1) is 29.3. The summed E-state index contributed by atoms with van der Waals surface area (Å²) in [5.41, 5.74) is 1.43. The van der Waals surface area contributed by atoms with Crippen molar-refractivity contribution in [1.29, 1.82) is 0 Å². The second-order valence-corrected chi connectivity index (χ2v) is 10.2. The molecule has 1 saturated heterocycles. The Morgan fingerprint density at radius 2 is 1.88 bits per heavy atom. The summed E-state index contributed by atoms with van der Waals surface area (Å²) < 4.78 is 34.8. The summed E-state index contributed by atoms with van der Waals surface area (Å²) in [7, 11) is 3.06. The van der Waals surface area contributed by atoms with Gasteiger partial charge in [0.25, 0.3) is 5.91 Å². The molecule has 40 heavy (non-hydrogen) atoms. The van der Waals surface area contributed by atoms with Gasteiger partial charge >= 0.3 is 5.97 Å². The molecule has 0 aliphatic carbocycles. The van der Waals surface area contributed by atoms with Crippen molar-refractivity contribution in [1.82, 2.24) is 5.32 Å². The van der Waals surface area contributed by atoms with E-state index in [2.05, 4.69) is 5.32 Å². The zero-order chi connectivity index (χ0) is 28.7. The topological polar surface area (TPSA) is 102 Å². The number of nitrogens with one attached hydrogen (secondary N) is 1. The zero-order valence-corrected chi connectivity index (χ0v) is 23.5. The Morgan fingerprint density at radius 1 is 1.10 bits per heavy atom. The number of rotatable bonds is 6. The molecule has 2 aliphatic rings. The molecular formula is C31H37NO8. The van der Waals surface area contributed by atoms with Gasteiger partial charge < -0.3 is 33.7 Å². The standard InChI is InChI=1S/C31H37NO8/c1-20-14-15-24(38-30(34)21-10-7-6-8-11-21)28-25(39-31(2,3)40-28)13-9-12-22-16-23(36-5)17-26(37-19-35-4)27(22)29(33)32-18-20/h6-12,14-17,20,24-25,28H,13,18-19H2,1-5H3,(H,32,33)/b12-9+,15-14-/t20-,24?,25?,28?/m1/s1. The van der Waals surface area contributed by atoms with E-state index in [0.29, 0.717) is 41.2 Å². The molecule has 2 aromatic carbocycles. The number of fused-ring (bicyclic) bond motifs is 2. The van der Waals surface area contributed by atoms with Crippen LogP contribution in [0, 0.1) is 5.92 Å². The average molecular weight is 552 g/mol. The normalized spacial score (nSPS) is 25.9. The van der Waals surface area contributed by atoms with Crippen LogP contribution in [0.1, 0.15) is 53.5 Å². The van der Waals surface area contributed by atoms with Crippen molar-refractivity contribution in [3.05, 3.63) is 77.4 Å². The molecular weight excluding hydrogens is 514 g/mol. The van der Waals surface area contributed by atoms with Crippen LogP contribution in [0.15, 0.2) is 60.7 Å². The van der Waals surface area contributed by atoms with Gasteiger partial charge in [-0.15, -0.1) is 0 Å². The molecule has 4 rings (SSSR count). The van der Waals surface area contributed by atoms with Crippen LogP contribution < -0.4 is 14.8 Å². The largest absolute Gasteiger partial charge is 0.497 e. The second-order valence-electron chi connectivity index (χ2n) is 10.2. The highest BCUT2D eigenvalue weighted by Crippen LogP contribution is 2.35. The fourth-order valence-corrected chi connectivity index (χ4v) is 4.68. The smallest absolute Gasteiger partial charge is 0.338 e. The highest BCUT2D eigenvalue weighted by molar-refractivity contribution is 6.01. The molecule has 214 valence electrons. The first-order chi connectivity index (χ1) is 19.2. The molecule has 1 amide bonds. The van der Waals surface area contributed by atoms with Gasteiger partial charge in [-0.2, -0.15) is 0 Å². The number of methoxy groups -OCH3 is 2. The maximum atomic E-state index is 13.4. The molecule has 9 heteroatoms. The zero-order valence-electron chi connectivity index (χ0n) is 23.5. The van der Waals surface area contributed by atoms with Crippen molar-refractivity contribution in [2.75, 3.05) is 27.6 Å². The van der Waals surface area contributed by atoms with Crippen LogP contribution in [-0.4, -0.2) is 63.5 Å². The molecule has 2 aromatic rings. The van der Waals surface area contributed by atoms with Crippen LogP contribution in [0.25, 0.3) is 6.08 Å². The lowest BCUT2D eigenvalue weighted by atomic mass is 9.99. The number of esters is 1. The van der Waals surface area contributed by atoms with Gasteiger partial charge in [0.15, 0.2) is 12.6 Å². The van der Waals surface area contributed by atoms with Crippen molar-refractivity contribution >= 4 is 18.0 Å². The third kappa shape index (κ3) is 7.29. The molecule has 0 bridgehead atoms. The molecule has 4 atom stereocenters. The SMILES string of the molecule is COCOc1cc(OC)cc2c1C(=O)NC[C@H](C)/C=C\C(OC(=O)c1ccccc1)C1OC(C)(C)OC1C/C=C/2. The minimum Gasteiger partial charge on any atom is -0.497 e. The van der Waals surface area contributed by atoms with Crippen molar-refractivity contribution in [2.45, 2.75) is 51.3 Å². The predicted molar refractivity (Wildman–Crippen MR) is 149 cm³/mol. The maximum absolute atomic E-state index is 13.4. The summed E-state index contributed by atoms with van der Waals surface area (Å²) >= 11 is 0. The Morgan fingerprint density at radius 3 is 2.60 bits per heavy atom. The number of ether oxygens (including phenoxy) is 6. The number of hydrogen-bond acceptors (Lipinski definition) is 8. The lowest BCUT2D eigenvalue weighted by Crippen LogP contribution is -2.38. The number of carbonyl (C=O) groups is 2. The average Bonchev–Trinajstić information content (AvgIpc) is 3.26. The van der Waals surface area contributed by atoms with Gasteiger partial charge in [0.2, 0.25) is 0 Å². The maximum Gasteiger partial charge on any atom is 0.338 e. The Balaban J connectivity index is 1.70. The van der Waals surface area contributed by atoms with E-state index in [1.54, 1.807) is 43.5 Å². The summed E-state index contributed by atoms with van der Waals surface area (Å²) in [4.78, 5) is 26.4. The van der Waals surface area contributed by atoms with Gasteiger partial charge in [0, 0.05) is 19.7 Å². The Labute approximate surface area is 235 Å². The van der Waals surface area contributed by atoms with E-state index in [1.807, 2.05) is 51.1 Å². The number of hydrogen-bond donors (Lipinski definition) is 1. The quantitative estimate of drug-likeness (QED) is 0.312. The van der Waals surface area contributed by atoms with Gasteiger partial charge in [-0.1, -0.05) is 43.4 Å². The Hall–Kier alpha value is -3.66. The first-order valence-electron chi connectivity index (χ1n) is 13.3. The molecule has 3 unspecified atom stereocenters. The first-order valence-corrected chi connectivity index (χ1v) is 13.3. The molecule has 9 nitrogen and oxygen atoms in total. The summed E-state index contributed by atoms with van der Waals surface area (Å²) in [5.74, 6) is -0.831. The monoisotopic (exact) mass is 551 g/mol. The van der Waals surface area contributed by atoms with E-state index in [9.17, 15) is 9.59 Å². The molecule has 0 radical (unpaired) electrons. The van der Waals surface area contributed by atoms with E-state index in [1.165, 1.54) is 7.11 Å². The van der Waals surface area contributed by atoms with E-state index < -0.39 is 30.1 Å². The Bertz CT molecular complexity index is 1240. The van der Waals surface area contributed by atoms with Crippen LogP contribution in [0.5, 0.6) is 11.5 Å². The highest BCUT2D eigenvalue weighted by atomic mass is 16.8. The molecule has 1 N–H and O–H groups in total. The van der Waals surface area contributed by atoms with Gasteiger partial charge in [0.1, 0.15) is 23.7 Å². The molecule has 0 spiro atoms. The van der Waals surface area contributed by atoms with Gasteiger partial charge in [-0.05, 0) is 56.0 Å². The fraction of sp³-hybridized carbons (Fsp3) is 0.419. The minimum atomic E-state index is -0.881. The molecule has 0 aromatic heterocycles. The summed E-state index contributed by atoms with van der Waals surface area (Å²) in [6.45, 7) is 5.95. The van der Waals surface area contributed by atoms with Crippen LogP contribution in [-0.2, 0) is 18.9 Å². The Kier molecular flexibility index (Phi) is 9.63. The highest BCUT2D eigenvalue weighted by Gasteiger charge is 2.45. The minimum absolute atomic E-state index is 0.0250. The van der Waals surface area contributed by atoms with E-state index in [0.717, 1.165) is 0 Å². The van der Waals surface area contributed by atoms with E-state index in [4.69, 9.17) is 28.4 Å². The van der Waals surface area contributed by atoms with Crippen LogP contribution in [0.4, 0.5) is 0 Å². The number of carbonyl (C=O) groups excluding carboxylic acids is 2. The van der Waals surface area contributed by atoms with Gasteiger partial charge in [-0.3, -0.25) is 4.79 Å². The van der Waals surface area contributed by atoms with Crippen LogP contribution in [0.3, 0.4) is 0 Å². The van der Waals surface area contributed by atoms with Crippen LogP contribution in [0.2, 0.25) is 0 Å². The van der Waals surface area contributed by atoms with Crippen molar-refractivity contribution < 1.29 is 38.0 Å². The van der Waals surface area contributed by atoms with Gasteiger partial charge in [-0.25, -0.2) is 4.79 Å². The molecule has 2 aliphatic heterocycles. The van der Waals surface area contributed by atoms with Crippen LogP contribution >= 0.6 is 0 Å². The number of amides is 1. The third-order valence-electron chi connectivity index (χ3n) is 6.58. The second kappa shape index (κ2) is 13.1. The predicted octanol–water partition coefficient (Wildman–Crippen LogP) is 4.76. The van der Waals surface area contributed by atoms with Crippen molar-refractivity contribution in [3.8, 4) is 11.5 Å². The fourth-order valence-electron chi connectivity index (χ4n) is 4.68. The van der Waals surface area contributed by atoms with E-state index >= 15 is 0 Å². The van der Waals surface area contributed by atoms with Crippen molar-refractivity contribution in [2.24, 2.45) is 5.92 Å². The molecule has 0 saturated carbocycles. The summed E-state index contributed by atoms with van der Waals surface area (Å²) in [6.07, 6.45) is 6.21. The van der Waals surface area contributed by atoms with Gasteiger partial charge in [0.05, 0.1) is 24.3 Å². The molecule has 2 heterocycles. The third-order valence-corrected chi connectivity index (χ3v) is 6.58. The van der Waals surface area contributed by atoms with Crippen molar-refractivity contribution in [3.63, 3.8) is 0 Å². The lowest BCUT2D eigenvalue weighted by molar-refractivity contribution is -0.152. The lowest BCUT2D eigenvalue weighted by Gasteiger charge is -2.25.